The molecule has 0 amide bonds. The first kappa shape index (κ1) is 12.3. The SMILES string of the molecule is CC(=O)O[C@H]1C=CCO[C@@H]1n1ccc(=O)[nH]c1=O. The molecule has 0 aliphatic carbocycles. The molecule has 7 heteroatoms. The van der Waals surface area contributed by atoms with Crippen molar-refractivity contribution in [3.8, 4) is 0 Å². The number of aromatic nitrogens is 2. The molecule has 1 aliphatic rings. The Morgan fingerprint density at radius 2 is 2.33 bits per heavy atom. The fourth-order valence-corrected chi connectivity index (χ4v) is 1.69. The number of H-pyrrole nitrogens is 1. The van der Waals surface area contributed by atoms with Gasteiger partial charge in [-0.25, -0.2) is 4.79 Å². The molecule has 0 aromatic carbocycles. The van der Waals surface area contributed by atoms with Crippen molar-refractivity contribution in [3.05, 3.63) is 45.3 Å². The van der Waals surface area contributed by atoms with Gasteiger partial charge in [0.25, 0.3) is 5.56 Å². The van der Waals surface area contributed by atoms with Crippen LogP contribution < -0.4 is 11.2 Å². The molecule has 2 atom stereocenters. The minimum absolute atomic E-state index is 0.300. The van der Waals surface area contributed by atoms with E-state index in [-0.39, 0.29) is 0 Å². The molecule has 0 saturated heterocycles. The first-order valence-electron chi connectivity index (χ1n) is 5.35. The Labute approximate surface area is 102 Å². The van der Waals surface area contributed by atoms with Crippen molar-refractivity contribution in [2.45, 2.75) is 19.3 Å². The van der Waals surface area contributed by atoms with Gasteiger partial charge in [0.1, 0.15) is 0 Å². The second-order valence-electron chi connectivity index (χ2n) is 3.74. The van der Waals surface area contributed by atoms with Gasteiger partial charge in [-0.1, -0.05) is 6.08 Å². The van der Waals surface area contributed by atoms with Gasteiger partial charge >= 0.3 is 11.7 Å². The van der Waals surface area contributed by atoms with Crippen molar-refractivity contribution < 1.29 is 14.3 Å². The molecule has 0 saturated carbocycles. The summed E-state index contributed by atoms with van der Waals surface area (Å²) in [6.45, 7) is 1.57. The summed E-state index contributed by atoms with van der Waals surface area (Å²) in [5, 5.41) is 0. The summed E-state index contributed by atoms with van der Waals surface area (Å²) in [5.74, 6) is -0.474. The highest BCUT2D eigenvalue weighted by Crippen LogP contribution is 2.19. The van der Waals surface area contributed by atoms with E-state index >= 15 is 0 Å². The quantitative estimate of drug-likeness (QED) is 0.569. The highest BCUT2D eigenvalue weighted by molar-refractivity contribution is 5.66. The average Bonchev–Trinajstić information content (AvgIpc) is 2.30. The van der Waals surface area contributed by atoms with E-state index < -0.39 is 29.6 Å². The van der Waals surface area contributed by atoms with E-state index in [4.69, 9.17) is 9.47 Å². The van der Waals surface area contributed by atoms with Gasteiger partial charge in [-0.15, -0.1) is 0 Å². The summed E-state index contributed by atoms with van der Waals surface area (Å²) in [6, 6.07) is 1.20. The van der Waals surface area contributed by atoms with Gasteiger partial charge in [-0.3, -0.25) is 19.1 Å². The normalized spacial score (nSPS) is 22.7. The molecule has 18 heavy (non-hydrogen) atoms. The lowest BCUT2D eigenvalue weighted by Gasteiger charge is -2.28. The molecular formula is C11H12N2O5. The Bertz CT molecular complexity index is 586. The molecule has 2 rings (SSSR count). The maximum Gasteiger partial charge on any atom is 0.330 e. The number of rotatable bonds is 2. The molecule has 1 aliphatic heterocycles. The number of carbonyl (C=O) groups is 1. The Balaban J connectivity index is 2.35. The maximum absolute atomic E-state index is 11.6. The molecule has 0 spiro atoms. The lowest BCUT2D eigenvalue weighted by atomic mass is 10.2. The third-order valence-electron chi connectivity index (χ3n) is 2.40. The number of nitrogens with zero attached hydrogens (tertiary/aromatic N) is 1. The van der Waals surface area contributed by atoms with Gasteiger partial charge in [-0.2, -0.15) is 0 Å². The van der Waals surface area contributed by atoms with Crippen LogP contribution in [0.3, 0.4) is 0 Å². The van der Waals surface area contributed by atoms with Gasteiger partial charge in [0.05, 0.1) is 6.61 Å². The van der Waals surface area contributed by atoms with Crippen molar-refractivity contribution in [3.63, 3.8) is 0 Å². The Hall–Kier alpha value is -2.15. The zero-order chi connectivity index (χ0) is 13.1. The van der Waals surface area contributed by atoms with Crippen LogP contribution >= 0.6 is 0 Å². The number of carbonyl (C=O) groups excluding carboxylic acids is 1. The molecule has 2 heterocycles. The van der Waals surface area contributed by atoms with E-state index in [1.807, 2.05) is 0 Å². The fourth-order valence-electron chi connectivity index (χ4n) is 1.69. The van der Waals surface area contributed by atoms with Gasteiger partial charge < -0.3 is 9.47 Å². The zero-order valence-electron chi connectivity index (χ0n) is 9.66. The Morgan fingerprint density at radius 3 is 3.00 bits per heavy atom. The number of ether oxygens (including phenoxy) is 2. The van der Waals surface area contributed by atoms with E-state index in [1.165, 1.54) is 23.8 Å². The third-order valence-corrected chi connectivity index (χ3v) is 2.40. The van der Waals surface area contributed by atoms with Crippen LogP contribution in [0.5, 0.6) is 0 Å². The first-order chi connectivity index (χ1) is 8.58. The number of nitrogens with one attached hydrogen (secondary N) is 1. The van der Waals surface area contributed by atoms with Gasteiger partial charge in [0, 0.05) is 19.2 Å². The van der Waals surface area contributed by atoms with Crippen LogP contribution in [-0.2, 0) is 14.3 Å². The van der Waals surface area contributed by atoms with Gasteiger partial charge in [0.15, 0.2) is 12.3 Å². The van der Waals surface area contributed by atoms with Gasteiger partial charge in [0.2, 0.25) is 0 Å². The summed E-state index contributed by atoms with van der Waals surface area (Å²) < 4.78 is 11.6. The van der Waals surface area contributed by atoms with Crippen molar-refractivity contribution in [1.29, 1.82) is 0 Å². The average molecular weight is 252 g/mol. The monoisotopic (exact) mass is 252 g/mol. The van der Waals surface area contributed by atoms with Crippen molar-refractivity contribution in [2.24, 2.45) is 0 Å². The van der Waals surface area contributed by atoms with Crippen LogP contribution in [0.4, 0.5) is 0 Å². The smallest absolute Gasteiger partial charge is 0.330 e. The highest BCUT2D eigenvalue weighted by atomic mass is 16.6. The molecule has 0 unspecified atom stereocenters. The summed E-state index contributed by atoms with van der Waals surface area (Å²) in [7, 11) is 0. The molecule has 7 nitrogen and oxygen atoms in total. The number of hydrogen-bond acceptors (Lipinski definition) is 5. The van der Waals surface area contributed by atoms with Crippen LogP contribution in [0.25, 0.3) is 0 Å². The lowest BCUT2D eigenvalue weighted by Crippen LogP contribution is -2.40. The van der Waals surface area contributed by atoms with E-state index in [0.29, 0.717) is 6.61 Å². The molecule has 1 aromatic heterocycles. The van der Waals surface area contributed by atoms with E-state index in [2.05, 4.69) is 4.98 Å². The third kappa shape index (κ3) is 2.57. The summed E-state index contributed by atoms with van der Waals surface area (Å²) >= 11 is 0. The van der Waals surface area contributed by atoms with E-state index in [0.717, 1.165) is 0 Å². The molecule has 0 fully saturated rings. The van der Waals surface area contributed by atoms with E-state index in [1.54, 1.807) is 12.2 Å². The second kappa shape index (κ2) is 5.01. The standard InChI is InChI=1S/C11H12N2O5/c1-7(14)18-8-3-2-6-17-10(8)13-5-4-9(15)12-11(13)16/h2-5,8,10H,6H2,1H3,(H,12,15,16)/t8-,10-/m0/s1. The summed E-state index contributed by atoms with van der Waals surface area (Å²) in [5.41, 5.74) is -1.11. The van der Waals surface area contributed by atoms with Crippen LogP contribution in [0.15, 0.2) is 34.0 Å². The molecular weight excluding hydrogens is 240 g/mol. The topological polar surface area (TPSA) is 90.4 Å². The van der Waals surface area contributed by atoms with Crippen molar-refractivity contribution in [1.82, 2.24) is 9.55 Å². The largest absolute Gasteiger partial charge is 0.453 e. The molecule has 0 bridgehead atoms. The number of esters is 1. The Kier molecular flexibility index (Phi) is 3.42. The van der Waals surface area contributed by atoms with Crippen LogP contribution in [0.1, 0.15) is 13.2 Å². The first-order valence-corrected chi connectivity index (χ1v) is 5.35. The fraction of sp³-hybridized carbons (Fsp3) is 0.364. The zero-order valence-corrected chi connectivity index (χ0v) is 9.66. The lowest BCUT2D eigenvalue weighted by molar-refractivity contribution is -0.157. The van der Waals surface area contributed by atoms with Crippen LogP contribution in [0, 0.1) is 0 Å². The molecule has 96 valence electrons. The second-order valence-corrected chi connectivity index (χ2v) is 3.74. The molecule has 1 N–H and O–H groups in total. The minimum Gasteiger partial charge on any atom is -0.453 e. The molecule has 1 aromatic rings. The van der Waals surface area contributed by atoms with Gasteiger partial charge in [-0.05, 0) is 6.08 Å². The van der Waals surface area contributed by atoms with Crippen molar-refractivity contribution in [2.75, 3.05) is 6.61 Å². The highest BCUT2D eigenvalue weighted by Gasteiger charge is 2.27. The predicted molar refractivity (Wildman–Crippen MR) is 61.0 cm³/mol. The maximum atomic E-state index is 11.6. The summed E-state index contributed by atoms with van der Waals surface area (Å²) in [4.78, 5) is 35.7. The Morgan fingerprint density at radius 1 is 1.56 bits per heavy atom. The minimum atomic E-state index is -0.775. The molecule has 0 radical (unpaired) electrons. The van der Waals surface area contributed by atoms with Crippen LogP contribution in [-0.4, -0.2) is 28.2 Å². The van der Waals surface area contributed by atoms with E-state index in [9.17, 15) is 14.4 Å². The summed E-state index contributed by atoms with van der Waals surface area (Å²) in [6.07, 6.45) is 3.18. The van der Waals surface area contributed by atoms with Crippen molar-refractivity contribution >= 4 is 5.97 Å². The number of hydrogen-bond donors (Lipinski definition) is 1. The number of aromatic amines is 1. The predicted octanol–water partition coefficient (Wildman–Crippen LogP) is -0.447. The van der Waals surface area contributed by atoms with Crippen LogP contribution in [0.2, 0.25) is 0 Å².